The van der Waals surface area contributed by atoms with Gasteiger partial charge in [-0.1, -0.05) is 6.08 Å². The van der Waals surface area contributed by atoms with Crippen molar-refractivity contribution in [2.45, 2.75) is 18.9 Å². The number of fused-ring (bicyclic) bond motifs is 2. The third-order valence-electron chi connectivity index (χ3n) is 3.89. The van der Waals surface area contributed by atoms with Crippen molar-refractivity contribution >= 4 is 16.7 Å². The molecule has 4 rings (SSSR count). The Balaban J connectivity index is 1.76. The Morgan fingerprint density at radius 1 is 1.41 bits per heavy atom. The smallest absolute Gasteiger partial charge is 0.153 e. The van der Waals surface area contributed by atoms with Gasteiger partial charge >= 0.3 is 0 Å². The Morgan fingerprint density at radius 3 is 3.18 bits per heavy atom. The molecule has 0 saturated carbocycles. The summed E-state index contributed by atoms with van der Waals surface area (Å²) < 4.78 is 5.86. The molecule has 2 atom stereocenters. The number of allylic oxidation sites excluding steroid dienone is 1. The average Bonchev–Trinajstić information content (AvgIpc) is 2.74. The molecule has 0 amide bonds. The Morgan fingerprint density at radius 2 is 2.41 bits per heavy atom. The van der Waals surface area contributed by atoms with E-state index >= 15 is 0 Å². The first-order valence-corrected chi connectivity index (χ1v) is 6.19. The lowest BCUT2D eigenvalue weighted by Gasteiger charge is -2.39. The van der Waals surface area contributed by atoms with Gasteiger partial charge in [-0.05, 0) is 36.5 Å². The summed E-state index contributed by atoms with van der Waals surface area (Å²) in [6.45, 7) is 1.18. The molecule has 17 heavy (non-hydrogen) atoms. The SMILES string of the molecule is C1=C(c2cc3ncccc3o2)CC[C@@H]2CN[C@H]12. The quantitative estimate of drug-likeness (QED) is 0.812. The summed E-state index contributed by atoms with van der Waals surface area (Å²) in [5.74, 6) is 1.84. The van der Waals surface area contributed by atoms with Crippen LogP contribution in [-0.2, 0) is 0 Å². The molecule has 1 fully saturated rings. The van der Waals surface area contributed by atoms with E-state index in [0.29, 0.717) is 6.04 Å². The molecular formula is C14H14N2O. The van der Waals surface area contributed by atoms with Crippen LogP contribution in [0.25, 0.3) is 16.7 Å². The predicted molar refractivity (Wildman–Crippen MR) is 66.5 cm³/mol. The van der Waals surface area contributed by atoms with E-state index in [2.05, 4.69) is 22.4 Å². The van der Waals surface area contributed by atoms with E-state index in [9.17, 15) is 0 Å². The fourth-order valence-electron chi connectivity index (χ4n) is 2.77. The first-order chi connectivity index (χ1) is 8.40. The molecule has 3 heterocycles. The van der Waals surface area contributed by atoms with Crippen molar-refractivity contribution < 1.29 is 4.42 Å². The highest BCUT2D eigenvalue weighted by Gasteiger charge is 2.32. The van der Waals surface area contributed by atoms with Crippen LogP contribution < -0.4 is 5.32 Å². The van der Waals surface area contributed by atoms with Crippen LogP contribution in [-0.4, -0.2) is 17.6 Å². The fourth-order valence-corrected chi connectivity index (χ4v) is 2.77. The standard InChI is InChI=1S/C14H14N2O/c1-2-13-12(15-5-1)7-14(17-13)9-3-4-10-8-16-11(10)6-9/h1-2,5-7,10-11,16H,3-4,8H2/t10-,11-/m1/s1. The summed E-state index contributed by atoms with van der Waals surface area (Å²) in [5, 5.41) is 3.45. The van der Waals surface area contributed by atoms with Crippen molar-refractivity contribution in [3.63, 3.8) is 0 Å². The first-order valence-electron chi connectivity index (χ1n) is 6.19. The van der Waals surface area contributed by atoms with Crippen molar-refractivity contribution in [2.24, 2.45) is 5.92 Å². The summed E-state index contributed by atoms with van der Waals surface area (Å²) in [5.41, 5.74) is 3.16. The van der Waals surface area contributed by atoms with Crippen LogP contribution in [0.1, 0.15) is 18.6 Å². The molecule has 2 aromatic rings. The number of hydrogen-bond donors (Lipinski definition) is 1. The van der Waals surface area contributed by atoms with Crippen molar-refractivity contribution in [2.75, 3.05) is 6.54 Å². The highest BCUT2D eigenvalue weighted by atomic mass is 16.3. The maximum atomic E-state index is 5.86. The monoisotopic (exact) mass is 226 g/mol. The minimum absolute atomic E-state index is 0.569. The van der Waals surface area contributed by atoms with Gasteiger partial charge in [-0.25, -0.2) is 0 Å². The van der Waals surface area contributed by atoms with Gasteiger partial charge in [-0.2, -0.15) is 0 Å². The lowest BCUT2D eigenvalue weighted by molar-refractivity contribution is 0.255. The number of hydrogen-bond acceptors (Lipinski definition) is 3. The molecule has 1 saturated heterocycles. The zero-order chi connectivity index (χ0) is 11.2. The molecular weight excluding hydrogens is 212 g/mol. The zero-order valence-corrected chi connectivity index (χ0v) is 9.52. The minimum atomic E-state index is 0.569. The molecule has 1 N–H and O–H groups in total. The van der Waals surface area contributed by atoms with Gasteiger partial charge in [0.05, 0.1) is 0 Å². The molecule has 86 valence electrons. The second-order valence-electron chi connectivity index (χ2n) is 4.92. The summed E-state index contributed by atoms with van der Waals surface area (Å²) in [6, 6.07) is 6.51. The predicted octanol–water partition coefficient (Wildman–Crippen LogP) is 2.59. The van der Waals surface area contributed by atoms with E-state index in [-0.39, 0.29) is 0 Å². The van der Waals surface area contributed by atoms with E-state index in [1.54, 1.807) is 6.20 Å². The highest BCUT2D eigenvalue weighted by Crippen LogP contribution is 2.35. The van der Waals surface area contributed by atoms with Crippen LogP contribution in [0, 0.1) is 5.92 Å². The van der Waals surface area contributed by atoms with Gasteiger partial charge in [0.15, 0.2) is 5.58 Å². The Labute approximate surface area is 99.5 Å². The summed E-state index contributed by atoms with van der Waals surface area (Å²) in [6.07, 6.45) is 6.53. The number of rotatable bonds is 1. The van der Waals surface area contributed by atoms with E-state index in [1.807, 2.05) is 12.1 Å². The summed E-state index contributed by atoms with van der Waals surface area (Å²) >= 11 is 0. The van der Waals surface area contributed by atoms with Gasteiger partial charge in [0, 0.05) is 24.8 Å². The second-order valence-corrected chi connectivity index (χ2v) is 4.92. The van der Waals surface area contributed by atoms with Crippen LogP contribution in [0.15, 0.2) is 34.9 Å². The van der Waals surface area contributed by atoms with E-state index < -0.39 is 0 Å². The Bertz CT molecular complexity index is 566. The van der Waals surface area contributed by atoms with Crippen molar-refractivity contribution in [1.29, 1.82) is 0 Å². The normalized spacial score (nSPS) is 27.4. The molecule has 3 nitrogen and oxygen atoms in total. The Kier molecular flexibility index (Phi) is 1.91. The first kappa shape index (κ1) is 9.42. The maximum Gasteiger partial charge on any atom is 0.153 e. The molecule has 0 bridgehead atoms. The molecule has 2 aromatic heterocycles. The fraction of sp³-hybridized carbons (Fsp3) is 0.357. The van der Waals surface area contributed by atoms with E-state index in [4.69, 9.17) is 4.42 Å². The molecule has 0 aromatic carbocycles. The molecule has 0 radical (unpaired) electrons. The van der Waals surface area contributed by atoms with Crippen molar-refractivity contribution in [3.05, 3.63) is 36.2 Å². The largest absolute Gasteiger partial charge is 0.455 e. The third-order valence-corrected chi connectivity index (χ3v) is 3.89. The topological polar surface area (TPSA) is 38.1 Å². The number of furan rings is 1. The zero-order valence-electron chi connectivity index (χ0n) is 9.52. The Hall–Kier alpha value is -1.61. The molecule has 1 aliphatic carbocycles. The lowest BCUT2D eigenvalue weighted by Crippen LogP contribution is -2.52. The molecule has 3 heteroatoms. The molecule has 1 aliphatic heterocycles. The summed E-state index contributed by atoms with van der Waals surface area (Å²) in [7, 11) is 0. The number of pyridine rings is 1. The van der Waals surface area contributed by atoms with Crippen LogP contribution in [0.5, 0.6) is 0 Å². The van der Waals surface area contributed by atoms with Crippen LogP contribution in [0.2, 0.25) is 0 Å². The van der Waals surface area contributed by atoms with Crippen LogP contribution in [0.3, 0.4) is 0 Å². The van der Waals surface area contributed by atoms with Gasteiger partial charge in [-0.3, -0.25) is 4.98 Å². The van der Waals surface area contributed by atoms with Crippen molar-refractivity contribution in [1.82, 2.24) is 10.3 Å². The average molecular weight is 226 g/mol. The van der Waals surface area contributed by atoms with Gasteiger partial charge < -0.3 is 9.73 Å². The highest BCUT2D eigenvalue weighted by molar-refractivity contribution is 5.78. The van der Waals surface area contributed by atoms with E-state index in [0.717, 1.165) is 29.2 Å². The van der Waals surface area contributed by atoms with Gasteiger partial charge in [-0.15, -0.1) is 0 Å². The lowest BCUT2D eigenvalue weighted by atomic mass is 9.80. The molecule has 2 aliphatic rings. The van der Waals surface area contributed by atoms with Crippen molar-refractivity contribution in [3.8, 4) is 0 Å². The number of nitrogens with one attached hydrogen (secondary N) is 1. The van der Waals surface area contributed by atoms with Gasteiger partial charge in [0.25, 0.3) is 0 Å². The molecule has 0 spiro atoms. The second kappa shape index (κ2) is 3.44. The van der Waals surface area contributed by atoms with Crippen LogP contribution in [0.4, 0.5) is 0 Å². The third kappa shape index (κ3) is 1.42. The van der Waals surface area contributed by atoms with Crippen LogP contribution >= 0.6 is 0 Å². The molecule has 0 unspecified atom stereocenters. The maximum absolute atomic E-state index is 5.86. The number of aromatic nitrogens is 1. The van der Waals surface area contributed by atoms with Gasteiger partial charge in [0.1, 0.15) is 11.3 Å². The summed E-state index contributed by atoms with van der Waals surface area (Å²) in [4.78, 5) is 4.31. The van der Waals surface area contributed by atoms with Gasteiger partial charge in [0.2, 0.25) is 0 Å². The van der Waals surface area contributed by atoms with E-state index in [1.165, 1.54) is 18.5 Å². The number of nitrogens with zero attached hydrogens (tertiary/aromatic N) is 1. The minimum Gasteiger partial charge on any atom is -0.455 e.